The van der Waals surface area contributed by atoms with Crippen LogP contribution in [0.4, 0.5) is 0 Å². The Balaban J connectivity index is 1.72. The van der Waals surface area contributed by atoms with Crippen molar-refractivity contribution in [3.63, 3.8) is 0 Å². The summed E-state index contributed by atoms with van der Waals surface area (Å²) >= 11 is 0. The van der Waals surface area contributed by atoms with Crippen LogP contribution in [0.1, 0.15) is 57.4 Å². The van der Waals surface area contributed by atoms with E-state index in [1.807, 2.05) is 0 Å². The molecule has 1 N–H and O–H groups in total. The van der Waals surface area contributed by atoms with Crippen molar-refractivity contribution in [2.45, 2.75) is 64.3 Å². The second-order valence-electron chi connectivity index (χ2n) is 6.02. The van der Waals surface area contributed by atoms with Crippen LogP contribution in [0.15, 0.2) is 30.3 Å². The summed E-state index contributed by atoms with van der Waals surface area (Å²) in [6.45, 7) is 3.36. The van der Waals surface area contributed by atoms with E-state index in [0.29, 0.717) is 0 Å². The molecular weight excluding hydrogens is 230 g/mol. The van der Waals surface area contributed by atoms with Gasteiger partial charge in [-0.1, -0.05) is 62.9 Å². The van der Waals surface area contributed by atoms with Crippen molar-refractivity contribution in [1.29, 1.82) is 0 Å². The maximum atomic E-state index is 3.66. The highest BCUT2D eigenvalue weighted by Gasteiger charge is 2.18. The van der Waals surface area contributed by atoms with Gasteiger partial charge in [-0.3, -0.25) is 0 Å². The zero-order chi connectivity index (χ0) is 13.3. The van der Waals surface area contributed by atoms with E-state index in [1.165, 1.54) is 56.9 Å². The molecule has 19 heavy (non-hydrogen) atoms. The molecule has 0 saturated heterocycles. The Morgan fingerprint density at radius 1 is 1.11 bits per heavy atom. The Morgan fingerprint density at radius 2 is 1.89 bits per heavy atom. The van der Waals surface area contributed by atoms with Gasteiger partial charge in [0.25, 0.3) is 0 Å². The first-order valence-electron chi connectivity index (χ1n) is 8.15. The van der Waals surface area contributed by atoms with Gasteiger partial charge >= 0.3 is 0 Å². The molecule has 1 aromatic rings. The van der Waals surface area contributed by atoms with Crippen molar-refractivity contribution >= 4 is 0 Å². The molecule has 1 fully saturated rings. The number of aryl methyl sites for hydroxylation is 1. The zero-order valence-electron chi connectivity index (χ0n) is 12.4. The lowest BCUT2D eigenvalue weighted by Crippen LogP contribution is -2.29. The van der Waals surface area contributed by atoms with E-state index >= 15 is 0 Å². The van der Waals surface area contributed by atoms with Crippen molar-refractivity contribution in [1.82, 2.24) is 5.32 Å². The summed E-state index contributed by atoms with van der Waals surface area (Å²) in [6, 6.07) is 11.7. The van der Waals surface area contributed by atoms with Gasteiger partial charge in [0.1, 0.15) is 0 Å². The van der Waals surface area contributed by atoms with E-state index in [2.05, 4.69) is 42.6 Å². The summed E-state index contributed by atoms with van der Waals surface area (Å²) in [4.78, 5) is 0. The van der Waals surface area contributed by atoms with Gasteiger partial charge in [0, 0.05) is 6.04 Å². The molecule has 1 saturated carbocycles. The van der Waals surface area contributed by atoms with Crippen molar-refractivity contribution < 1.29 is 0 Å². The SMILES string of the molecule is CCNC1CCCCC(CCCc2ccccc2)C1. The fourth-order valence-electron chi connectivity index (χ4n) is 3.44. The largest absolute Gasteiger partial charge is 0.314 e. The highest BCUT2D eigenvalue weighted by molar-refractivity contribution is 5.14. The van der Waals surface area contributed by atoms with Crippen LogP contribution in [-0.4, -0.2) is 12.6 Å². The van der Waals surface area contributed by atoms with Crippen LogP contribution in [0.3, 0.4) is 0 Å². The predicted molar refractivity (Wildman–Crippen MR) is 83.4 cm³/mol. The Hall–Kier alpha value is -0.820. The lowest BCUT2D eigenvalue weighted by Gasteiger charge is -2.20. The molecule has 2 unspecified atom stereocenters. The minimum atomic E-state index is 0.786. The molecule has 1 nitrogen and oxygen atoms in total. The van der Waals surface area contributed by atoms with Crippen molar-refractivity contribution in [3.8, 4) is 0 Å². The molecule has 2 rings (SSSR count). The number of nitrogens with one attached hydrogen (secondary N) is 1. The third kappa shape index (κ3) is 5.36. The van der Waals surface area contributed by atoms with Gasteiger partial charge in [0.2, 0.25) is 0 Å². The molecule has 1 aromatic carbocycles. The zero-order valence-corrected chi connectivity index (χ0v) is 12.4. The summed E-state index contributed by atoms with van der Waals surface area (Å²) in [7, 11) is 0. The summed E-state index contributed by atoms with van der Waals surface area (Å²) < 4.78 is 0. The first-order chi connectivity index (χ1) is 9.38. The molecule has 0 spiro atoms. The Bertz CT molecular complexity index is 333. The van der Waals surface area contributed by atoms with Crippen LogP contribution in [0, 0.1) is 5.92 Å². The molecule has 0 amide bonds. The molecule has 1 heteroatoms. The molecule has 0 bridgehead atoms. The first-order valence-corrected chi connectivity index (χ1v) is 8.15. The normalized spacial score (nSPS) is 24.1. The smallest absolute Gasteiger partial charge is 0.00695 e. The fourth-order valence-corrected chi connectivity index (χ4v) is 3.44. The van der Waals surface area contributed by atoms with Crippen LogP contribution < -0.4 is 5.32 Å². The van der Waals surface area contributed by atoms with E-state index in [9.17, 15) is 0 Å². The molecular formula is C18H29N. The molecule has 106 valence electrons. The van der Waals surface area contributed by atoms with E-state index in [-0.39, 0.29) is 0 Å². The van der Waals surface area contributed by atoms with Gasteiger partial charge in [0.15, 0.2) is 0 Å². The summed E-state index contributed by atoms with van der Waals surface area (Å²) in [5, 5.41) is 3.66. The monoisotopic (exact) mass is 259 g/mol. The molecule has 2 atom stereocenters. The second kappa shape index (κ2) is 8.37. The number of hydrogen-bond donors (Lipinski definition) is 1. The lowest BCUT2D eigenvalue weighted by atomic mass is 9.91. The standard InChI is InChI=1S/C18H29N/c1-2-19-18-14-7-6-11-17(15-18)13-8-12-16-9-4-3-5-10-16/h3-5,9-10,17-19H,2,6-8,11-15H2,1H3. The van der Waals surface area contributed by atoms with Crippen molar-refractivity contribution in [3.05, 3.63) is 35.9 Å². The van der Waals surface area contributed by atoms with Gasteiger partial charge in [-0.2, -0.15) is 0 Å². The maximum Gasteiger partial charge on any atom is 0.00695 e. The first kappa shape index (κ1) is 14.6. The lowest BCUT2D eigenvalue weighted by molar-refractivity contribution is 0.365. The number of benzene rings is 1. The van der Waals surface area contributed by atoms with Crippen LogP contribution >= 0.6 is 0 Å². The molecule has 1 aliphatic carbocycles. The molecule has 1 aliphatic rings. The average Bonchev–Trinajstić information content (AvgIpc) is 2.66. The number of rotatable bonds is 6. The van der Waals surface area contributed by atoms with Gasteiger partial charge in [-0.05, 0) is 43.7 Å². The van der Waals surface area contributed by atoms with Gasteiger partial charge in [0.05, 0.1) is 0 Å². The van der Waals surface area contributed by atoms with E-state index in [4.69, 9.17) is 0 Å². The summed E-state index contributed by atoms with van der Waals surface area (Å²) in [5.74, 6) is 0.954. The van der Waals surface area contributed by atoms with Gasteiger partial charge < -0.3 is 5.32 Å². The highest BCUT2D eigenvalue weighted by atomic mass is 14.9. The number of hydrogen-bond acceptors (Lipinski definition) is 1. The van der Waals surface area contributed by atoms with E-state index in [0.717, 1.165) is 18.5 Å². The van der Waals surface area contributed by atoms with Crippen LogP contribution in [0.5, 0.6) is 0 Å². The third-order valence-corrected chi connectivity index (χ3v) is 4.45. The van der Waals surface area contributed by atoms with Gasteiger partial charge in [-0.15, -0.1) is 0 Å². The van der Waals surface area contributed by atoms with Gasteiger partial charge in [-0.25, -0.2) is 0 Å². The van der Waals surface area contributed by atoms with E-state index in [1.54, 1.807) is 0 Å². The highest BCUT2D eigenvalue weighted by Crippen LogP contribution is 2.27. The molecule has 0 aliphatic heterocycles. The summed E-state index contributed by atoms with van der Waals surface area (Å²) in [5.41, 5.74) is 1.50. The van der Waals surface area contributed by atoms with Crippen LogP contribution in [0.25, 0.3) is 0 Å². The molecule has 0 aromatic heterocycles. The quantitative estimate of drug-likeness (QED) is 0.738. The Labute approximate surface area is 118 Å². The second-order valence-corrected chi connectivity index (χ2v) is 6.02. The molecule has 0 radical (unpaired) electrons. The Morgan fingerprint density at radius 3 is 2.68 bits per heavy atom. The summed E-state index contributed by atoms with van der Waals surface area (Å²) in [6.07, 6.45) is 11.1. The van der Waals surface area contributed by atoms with Crippen molar-refractivity contribution in [2.75, 3.05) is 6.54 Å². The third-order valence-electron chi connectivity index (χ3n) is 4.45. The average molecular weight is 259 g/mol. The van der Waals surface area contributed by atoms with Crippen LogP contribution in [0.2, 0.25) is 0 Å². The minimum Gasteiger partial charge on any atom is -0.314 e. The Kier molecular flexibility index (Phi) is 6.43. The van der Waals surface area contributed by atoms with Crippen molar-refractivity contribution in [2.24, 2.45) is 5.92 Å². The predicted octanol–water partition coefficient (Wildman–Crippen LogP) is 4.57. The van der Waals surface area contributed by atoms with E-state index < -0.39 is 0 Å². The topological polar surface area (TPSA) is 12.0 Å². The molecule has 0 heterocycles. The van der Waals surface area contributed by atoms with Crippen LogP contribution in [-0.2, 0) is 6.42 Å². The fraction of sp³-hybridized carbons (Fsp3) is 0.667. The minimum absolute atomic E-state index is 0.786. The maximum absolute atomic E-state index is 3.66.